The lowest BCUT2D eigenvalue weighted by molar-refractivity contribution is 0.318. The number of H-pyrrole nitrogens is 1. The van der Waals surface area contributed by atoms with Crippen LogP contribution in [0.1, 0.15) is 62.2 Å². The van der Waals surface area contributed by atoms with Gasteiger partial charge in [0.2, 0.25) is 5.75 Å². The Kier molecular flexibility index (Phi) is 4.98. The molecule has 0 saturated heterocycles. The molecular weight excluding hydrogens is 328 g/mol. The van der Waals surface area contributed by atoms with Crippen molar-refractivity contribution in [2.45, 2.75) is 63.5 Å². The number of hydrogen-bond donors (Lipinski definition) is 2. The van der Waals surface area contributed by atoms with Crippen molar-refractivity contribution in [3.63, 3.8) is 0 Å². The van der Waals surface area contributed by atoms with Crippen LogP contribution >= 0.6 is 0 Å². The highest BCUT2D eigenvalue weighted by Gasteiger charge is 2.30. The molecule has 1 fully saturated rings. The fourth-order valence-corrected chi connectivity index (χ4v) is 4.81. The lowest BCUT2D eigenvalue weighted by Gasteiger charge is -2.31. The quantitative estimate of drug-likeness (QED) is 0.827. The van der Waals surface area contributed by atoms with Crippen molar-refractivity contribution < 1.29 is 14.2 Å². The average molecular weight is 358 g/mol. The Hall–Kier alpha value is -1.88. The van der Waals surface area contributed by atoms with Crippen LogP contribution in [0.15, 0.2) is 6.07 Å². The fourth-order valence-electron chi connectivity index (χ4n) is 4.81. The molecule has 1 atom stereocenters. The van der Waals surface area contributed by atoms with Crippen molar-refractivity contribution in [3.8, 4) is 17.2 Å². The van der Waals surface area contributed by atoms with Gasteiger partial charge in [-0.15, -0.1) is 0 Å². The Labute approximate surface area is 155 Å². The highest BCUT2D eigenvalue weighted by molar-refractivity contribution is 5.95. The Balaban J connectivity index is 1.77. The number of aryl methyl sites for hydroxylation is 1. The van der Waals surface area contributed by atoms with Gasteiger partial charge in [0.15, 0.2) is 11.5 Å². The number of benzene rings is 1. The molecule has 1 aromatic heterocycles. The third-order valence-corrected chi connectivity index (χ3v) is 6.04. The van der Waals surface area contributed by atoms with Gasteiger partial charge in [0.25, 0.3) is 0 Å². The summed E-state index contributed by atoms with van der Waals surface area (Å²) in [5.74, 6) is 2.15. The van der Waals surface area contributed by atoms with Gasteiger partial charge in [0, 0.05) is 29.2 Å². The summed E-state index contributed by atoms with van der Waals surface area (Å²) in [6.45, 7) is 0. The maximum atomic E-state index is 5.76. The monoisotopic (exact) mass is 358 g/mol. The van der Waals surface area contributed by atoms with Crippen LogP contribution in [-0.2, 0) is 6.42 Å². The summed E-state index contributed by atoms with van der Waals surface area (Å²) >= 11 is 0. The second kappa shape index (κ2) is 7.39. The molecular formula is C21H30N2O3. The van der Waals surface area contributed by atoms with Crippen molar-refractivity contribution in [1.29, 1.82) is 0 Å². The van der Waals surface area contributed by atoms with Gasteiger partial charge in [-0.25, -0.2) is 0 Å². The van der Waals surface area contributed by atoms with Gasteiger partial charge in [-0.2, -0.15) is 0 Å². The molecule has 2 aromatic rings. The van der Waals surface area contributed by atoms with Crippen molar-refractivity contribution in [3.05, 3.63) is 17.3 Å². The van der Waals surface area contributed by atoms with E-state index in [-0.39, 0.29) is 0 Å². The molecule has 5 heteroatoms. The normalized spacial score (nSPS) is 20.8. The van der Waals surface area contributed by atoms with Crippen LogP contribution in [0.5, 0.6) is 17.2 Å². The number of nitrogens with one attached hydrogen (secondary N) is 2. The Morgan fingerprint density at radius 3 is 2.38 bits per heavy atom. The molecule has 1 aromatic carbocycles. The number of fused-ring (bicyclic) bond motifs is 3. The first-order chi connectivity index (χ1) is 12.8. The van der Waals surface area contributed by atoms with E-state index in [1.54, 1.807) is 21.3 Å². The van der Waals surface area contributed by atoms with Crippen molar-refractivity contribution in [2.24, 2.45) is 0 Å². The predicted octanol–water partition coefficient (Wildman–Crippen LogP) is 4.49. The molecule has 2 N–H and O–H groups in total. The lowest BCUT2D eigenvalue weighted by Crippen LogP contribution is -2.36. The van der Waals surface area contributed by atoms with E-state index < -0.39 is 0 Å². The molecule has 1 saturated carbocycles. The second-order valence-electron chi connectivity index (χ2n) is 7.53. The SMILES string of the molecule is COc1cc2[nH]c3c(c2c(OC)c1OC)CCCC3NC1CCCCC1. The molecule has 0 amide bonds. The largest absolute Gasteiger partial charge is 0.493 e. The third-order valence-electron chi connectivity index (χ3n) is 6.04. The topological polar surface area (TPSA) is 55.5 Å². The summed E-state index contributed by atoms with van der Waals surface area (Å²) in [5, 5.41) is 5.08. The van der Waals surface area contributed by atoms with Crippen LogP contribution in [0.4, 0.5) is 0 Å². The van der Waals surface area contributed by atoms with E-state index in [1.165, 1.54) is 56.2 Å². The summed E-state index contributed by atoms with van der Waals surface area (Å²) < 4.78 is 16.9. The minimum atomic E-state index is 0.399. The first-order valence-corrected chi connectivity index (χ1v) is 9.86. The summed E-state index contributed by atoms with van der Waals surface area (Å²) in [5.41, 5.74) is 3.77. The van der Waals surface area contributed by atoms with Gasteiger partial charge in [0.05, 0.1) is 26.8 Å². The van der Waals surface area contributed by atoms with Gasteiger partial charge in [0.1, 0.15) is 0 Å². The number of aromatic nitrogens is 1. The Bertz CT molecular complexity index is 777. The molecule has 1 unspecified atom stereocenters. The van der Waals surface area contributed by atoms with Crippen LogP contribution < -0.4 is 19.5 Å². The predicted molar refractivity (Wildman–Crippen MR) is 104 cm³/mol. The van der Waals surface area contributed by atoms with E-state index in [0.29, 0.717) is 23.6 Å². The molecule has 26 heavy (non-hydrogen) atoms. The van der Waals surface area contributed by atoms with E-state index in [0.717, 1.165) is 23.1 Å². The van der Waals surface area contributed by atoms with Crippen molar-refractivity contribution >= 4 is 10.9 Å². The number of ether oxygens (including phenoxy) is 3. The van der Waals surface area contributed by atoms with Crippen LogP contribution in [0.2, 0.25) is 0 Å². The first kappa shape index (κ1) is 17.5. The zero-order chi connectivity index (χ0) is 18.1. The molecule has 0 radical (unpaired) electrons. The Morgan fingerprint density at radius 1 is 0.923 bits per heavy atom. The van der Waals surface area contributed by atoms with Gasteiger partial charge in [-0.3, -0.25) is 0 Å². The van der Waals surface area contributed by atoms with Gasteiger partial charge in [-0.05, 0) is 37.7 Å². The van der Waals surface area contributed by atoms with E-state index in [9.17, 15) is 0 Å². The highest BCUT2D eigenvalue weighted by Crippen LogP contribution is 2.47. The maximum absolute atomic E-state index is 5.76. The van der Waals surface area contributed by atoms with E-state index in [4.69, 9.17) is 14.2 Å². The minimum Gasteiger partial charge on any atom is -0.493 e. The standard InChI is InChI=1S/C21H30N2O3/c1-24-17-12-16-18(21(26-3)20(17)25-2)14-10-7-11-15(19(14)23-16)22-13-8-5-4-6-9-13/h12-13,15,22-23H,4-11H2,1-3H3. The highest BCUT2D eigenvalue weighted by atomic mass is 16.5. The zero-order valence-electron chi connectivity index (χ0n) is 16.1. The number of methoxy groups -OCH3 is 3. The molecule has 0 aliphatic heterocycles. The van der Waals surface area contributed by atoms with Crippen molar-refractivity contribution in [2.75, 3.05) is 21.3 Å². The van der Waals surface area contributed by atoms with Crippen LogP contribution in [0, 0.1) is 0 Å². The van der Waals surface area contributed by atoms with E-state index in [2.05, 4.69) is 10.3 Å². The smallest absolute Gasteiger partial charge is 0.204 e. The summed E-state index contributed by atoms with van der Waals surface area (Å²) in [4.78, 5) is 3.68. The molecule has 5 nitrogen and oxygen atoms in total. The molecule has 0 bridgehead atoms. The summed E-state index contributed by atoms with van der Waals surface area (Å²) in [6.07, 6.45) is 10.2. The van der Waals surface area contributed by atoms with Gasteiger partial charge >= 0.3 is 0 Å². The first-order valence-electron chi connectivity index (χ1n) is 9.86. The number of aromatic amines is 1. The third kappa shape index (κ3) is 2.92. The fraction of sp³-hybridized carbons (Fsp3) is 0.619. The number of rotatable bonds is 5. The molecule has 1 heterocycles. The molecule has 142 valence electrons. The summed E-state index contributed by atoms with van der Waals surface area (Å²) in [6, 6.07) is 3.08. The maximum Gasteiger partial charge on any atom is 0.204 e. The van der Waals surface area contributed by atoms with Crippen molar-refractivity contribution in [1.82, 2.24) is 10.3 Å². The minimum absolute atomic E-state index is 0.399. The second-order valence-corrected chi connectivity index (χ2v) is 7.53. The van der Waals surface area contributed by atoms with E-state index in [1.807, 2.05) is 6.07 Å². The number of hydrogen-bond acceptors (Lipinski definition) is 4. The van der Waals surface area contributed by atoms with Crippen LogP contribution in [0.3, 0.4) is 0 Å². The Morgan fingerprint density at radius 2 is 1.69 bits per heavy atom. The molecule has 2 aliphatic rings. The summed E-state index contributed by atoms with van der Waals surface area (Å²) in [7, 11) is 5.04. The molecule has 0 spiro atoms. The molecule has 4 rings (SSSR count). The van der Waals surface area contributed by atoms with E-state index >= 15 is 0 Å². The zero-order valence-corrected chi connectivity index (χ0v) is 16.1. The average Bonchev–Trinajstić information content (AvgIpc) is 3.06. The van der Waals surface area contributed by atoms with Gasteiger partial charge in [-0.1, -0.05) is 19.3 Å². The van der Waals surface area contributed by atoms with Gasteiger partial charge < -0.3 is 24.5 Å². The lowest BCUT2D eigenvalue weighted by atomic mass is 9.89. The van der Waals surface area contributed by atoms with Crippen LogP contribution in [0.25, 0.3) is 10.9 Å². The van der Waals surface area contributed by atoms with Crippen LogP contribution in [-0.4, -0.2) is 32.4 Å². The molecule has 2 aliphatic carbocycles.